The van der Waals surface area contributed by atoms with Crippen LogP contribution in [0.15, 0.2) is 102 Å². The number of quaternary nitrogens is 1. The van der Waals surface area contributed by atoms with E-state index in [-0.39, 0.29) is 17.0 Å². The van der Waals surface area contributed by atoms with E-state index < -0.39 is 10.0 Å². The summed E-state index contributed by atoms with van der Waals surface area (Å²) in [7, 11) is -3.76. The van der Waals surface area contributed by atoms with Crippen LogP contribution in [0.2, 0.25) is 5.02 Å². The molecule has 0 atom stereocenters. The normalized spacial score (nSPS) is 12.1. The lowest BCUT2D eigenvalue weighted by Gasteiger charge is -2.37. The largest absolute Gasteiger partial charge is 1.00 e. The molecule has 0 aliphatic carbocycles. The van der Waals surface area contributed by atoms with Crippen LogP contribution in [0.4, 0.5) is 0 Å². The fourth-order valence-electron chi connectivity index (χ4n) is 6.48. The summed E-state index contributed by atoms with van der Waals surface area (Å²) < 4.78 is 31.1. The van der Waals surface area contributed by atoms with Crippen molar-refractivity contribution in [2.75, 3.05) is 26.2 Å². The number of hydrogen-bond donors (Lipinski definition) is 0. The van der Waals surface area contributed by atoms with Crippen LogP contribution < -0.4 is 17.0 Å². The lowest BCUT2D eigenvalue weighted by molar-refractivity contribution is -0.938. The zero-order valence-electron chi connectivity index (χ0n) is 26.8. The Morgan fingerprint density at radius 1 is 0.711 bits per heavy atom. The van der Waals surface area contributed by atoms with Crippen LogP contribution in [0, 0.1) is 13.8 Å². The third kappa shape index (κ3) is 8.35. The molecule has 0 saturated carbocycles. The van der Waals surface area contributed by atoms with Gasteiger partial charge >= 0.3 is 0 Å². The zero-order valence-corrected chi connectivity index (χ0v) is 29.9. The van der Waals surface area contributed by atoms with Crippen LogP contribution in [0.5, 0.6) is 0 Å². The lowest BCUT2D eigenvalue weighted by atomic mass is 10.1. The van der Waals surface area contributed by atoms with Gasteiger partial charge in [0, 0.05) is 29.1 Å². The van der Waals surface area contributed by atoms with Crippen LogP contribution >= 0.6 is 11.6 Å². The predicted molar refractivity (Wildman–Crippen MR) is 186 cm³/mol. The standard InChI is InChI=1S/C38H44ClN2O2S.BrH/c1-5-41(6-2,28-32-23-29(3)22-30(4)24-32)21-10-9-20-40(27-31-16-17-33-12-7-8-13-34(33)25-31)44(42,43)36-18-19-37-35(26-36)14-11-15-38(37)39;/h7-8,11-19,22-26H,5-6,9-10,20-21,27-28H2,1-4H3;1H/q+1;/p-1. The SMILES string of the molecule is CC[N+](CC)(CCCCN(Cc1ccc2ccccc2c1)S(=O)(=O)c1ccc2c(Cl)cccc2c1)Cc1cc(C)cc(C)c1.[Br-]. The van der Waals surface area contributed by atoms with Crippen molar-refractivity contribution in [3.05, 3.63) is 124 Å². The molecule has 238 valence electrons. The first-order valence-corrected chi connectivity index (χ1v) is 17.5. The van der Waals surface area contributed by atoms with Gasteiger partial charge in [-0.2, -0.15) is 4.31 Å². The van der Waals surface area contributed by atoms with Gasteiger partial charge in [-0.1, -0.05) is 95.5 Å². The Balaban J connectivity index is 0.00000461. The molecular formula is C38H44BrClN2O2S. The van der Waals surface area contributed by atoms with Crippen molar-refractivity contribution < 1.29 is 29.9 Å². The van der Waals surface area contributed by atoms with Crippen LogP contribution in [-0.4, -0.2) is 43.4 Å². The summed E-state index contributed by atoms with van der Waals surface area (Å²) in [5, 5.41) is 4.56. The smallest absolute Gasteiger partial charge is 0.243 e. The van der Waals surface area contributed by atoms with Gasteiger partial charge < -0.3 is 21.5 Å². The molecule has 0 aromatic heterocycles. The van der Waals surface area contributed by atoms with E-state index in [2.05, 4.69) is 70.2 Å². The maximum Gasteiger partial charge on any atom is 0.243 e. The molecule has 7 heteroatoms. The molecule has 0 aliphatic rings. The molecule has 4 nitrogen and oxygen atoms in total. The van der Waals surface area contributed by atoms with Gasteiger partial charge in [-0.3, -0.25) is 0 Å². The molecule has 0 heterocycles. The van der Waals surface area contributed by atoms with Gasteiger partial charge in [-0.05, 0) is 86.5 Å². The number of halogens is 2. The summed E-state index contributed by atoms with van der Waals surface area (Å²) >= 11 is 6.39. The highest BCUT2D eigenvalue weighted by atomic mass is 79.9. The Morgan fingerprint density at radius 3 is 2.11 bits per heavy atom. The number of rotatable bonds is 13. The van der Waals surface area contributed by atoms with Gasteiger partial charge in [0.15, 0.2) is 0 Å². The van der Waals surface area contributed by atoms with Crippen molar-refractivity contribution in [1.82, 2.24) is 4.31 Å². The molecule has 0 aliphatic heterocycles. The van der Waals surface area contributed by atoms with Gasteiger partial charge in [-0.25, -0.2) is 8.42 Å². The molecule has 0 fully saturated rings. The molecule has 0 spiro atoms. The van der Waals surface area contributed by atoms with E-state index in [1.165, 1.54) is 16.7 Å². The molecule has 0 unspecified atom stereocenters. The van der Waals surface area contributed by atoms with E-state index in [0.29, 0.717) is 23.0 Å². The van der Waals surface area contributed by atoms with Gasteiger partial charge in [0.1, 0.15) is 6.54 Å². The van der Waals surface area contributed by atoms with E-state index in [9.17, 15) is 8.42 Å². The summed E-state index contributed by atoms with van der Waals surface area (Å²) in [6.45, 7) is 13.8. The summed E-state index contributed by atoms with van der Waals surface area (Å²) in [6, 6.07) is 32.1. The van der Waals surface area contributed by atoms with E-state index in [0.717, 1.165) is 70.6 Å². The minimum atomic E-state index is -3.76. The van der Waals surface area contributed by atoms with Gasteiger partial charge in [-0.15, -0.1) is 0 Å². The minimum Gasteiger partial charge on any atom is -1.00 e. The highest BCUT2D eigenvalue weighted by Crippen LogP contribution is 2.29. The number of hydrogen-bond acceptors (Lipinski definition) is 2. The number of unbranched alkanes of at least 4 members (excludes halogenated alkanes) is 1. The van der Waals surface area contributed by atoms with E-state index in [4.69, 9.17) is 11.6 Å². The number of fused-ring (bicyclic) bond motifs is 2. The van der Waals surface area contributed by atoms with Crippen molar-refractivity contribution in [2.45, 2.75) is 58.5 Å². The van der Waals surface area contributed by atoms with Gasteiger partial charge in [0.2, 0.25) is 10.0 Å². The highest BCUT2D eigenvalue weighted by Gasteiger charge is 2.27. The summed E-state index contributed by atoms with van der Waals surface area (Å²) in [4.78, 5) is 0.301. The molecule has 0 N–H and O–H groups in total. The van der Waals surface area contributed by atoms with Crippen molar-refractivity contribution in [3.63, 3.8) is 0 Å². The molecule has 0 bridgehead atoms. The molecule has 5 aromatic rings. The summed E-state index contributed by atoms with van der Waals surface area (Å²) in [5.41, 5.74) is 4.97. The van der Waals surface area contributed by atoms with Crippen molar-refractivity contribution in [3.8, 4) is 0 Å². The monoisotopic (exact) mass is 706 g/mol. The average molecular weight is 708 g/mol. The highest BCUT2D eigenvalue weighted by molar-refractivity contribution is 7.89. The molecule has 5 aromatic carbocycles. The molecule has 0 amide bonds. The fraction of sp³-hybridized carbons (Fsp3) is 0.316. The average Bonchev–Trinajstić information content (AvgIpc) is 3.01. The second-order valence-electron chi connectivity index (χ2n) is 12.2. The van der Waals surface area contributed by atoms with E-state index >= 15 is 0 Å². The molecule has 5 rings (SSSR count). The van der Waals surface area contributed by atoms with Crippen LogP contribution in [0.25, 0.3) is 21.5 Å². The van der Waals surface area contributed by atoms with Gasteiger partial charge in [0.05, 0.1) is 24.5 Å². The number of aryl methyl sites for hydroxylation is 2. The first kappa shape index (κ1) is 35.1. The first-order valence-electron chi connectivity index (χ1n) is 15.7. The van der Waals surface area contributed by atoms with Crippen LogP contribution in [0.1, 0.15) is 48.9 Å². The third-order valence-electron chi connectivity index (χ3n) is 9.04. The Bertz CT molecular complexity index is 1850. The topological polar surface area (TPSA) is 37.4 Å². The maximum absolute atomic E-state index is 14.2. The molecule has 0 saturated heterocycles. The van der Waals surface area contributed by atoms with E-state index in [1.54, 1.807) is 16.4 Å². The summed E-state index contributed by atoms with van der Waals surface area (Å²) in [5.74, 6) is 0. The van der Waals surface area contributed by atoms with Crippen LogP contribution in [-0.2, 0) is 23.1 Å². The number of nitrogens with zero attached hydrogens (tertiary/aromatic N) is 2. The second kappa shape index (κ2) is 15.2. The number of benzene rings is 5. The quantitative estimate of drug-likeness (QED) is 0.107. The number of sulfonamides is 1. The fourth-order valence-corrected chi connectivity index (χ4v) is 8.23. The van der Waals surface area contributed by atoms with Crippen molar-refractivity contribution >= 4 is 43.2 Å². The molecular weight excluding hydrogens is 664 g/mol. The Labute approximate surface area is 285 Å². The lowest BCUT2D eigenvalue weighted by Crippen LogP contribution is -3.00. The van der Waals surface area contributed by atoms with Gasteiger partial charge in [0.25, 0.3) is 0 Å². The Hall–Kier alpha value is -2.74. The third-order valence-corrected chi connectivity index (χ3v) is 11.2. The first-order chi connectivity index (χ1) is 21.1. The van der Waals surface area contributed by atoms with Crippen LogP contribution in [0.3, 0.4) is 0 Å². The predicted octanol–water partition coefficient (Wildman–Crippen LogP) is 6.30. The molecule has 0 radical (unpaired) electrons. The minimum absolute atomic E-state index is 0. The maximum atomic E-state index is 14.2. The zero-order chi connectivity index (χ0) is 31.3. The van der Waals surface area contributed by atoms with E-state index in [1.807, 2.05) is 42.5 Å². The van der Waals surface area contributed by atoms with Crippen molar-refractivity contribution in [1.29, 1.82) is 0 Å². The Kier molecular flexibility index (Phi) is 11.9. The molecule has 45 heavy (non-hydrogen) atoms. The summed E-state index contributed by atoms with van der Waals surface area (Å²) in [6.07, 6.45) is 1.74. The van der Waals surface area contributed by atoms with Crippen molar-refractivity contribution in [2.24, 2.45) is 0 Å². The Morgan fingerprint density at radius 2 is 1.40 bits per heavy atom. The second-order valence-corrected chi connectivity index (χ2v) is 14.5.